The Morgan fingerprint density at radius 2 is 2.18 bits per heavy atom. The first-order chi connectivity index (χ1) is 10.9. The molecular weight excluding hydrogens is 280 g/mol. The Morgan fingerprint density at radius 3 is 3.09 bits per heavy atom. The maximum absolute atomic E-state index is 5.50. The van der Waals surface area contributed by atoms with Gasteiger partial charge in [-0.05, 0) is 32.1 Å². The van der Waals surface area contributed by atoms with Crippen LogP contribution in [0.5, 0.6) is 0 Å². The zero-order valence-electron chi connectivity index (χ0n) is 12.3. The SMILES string of the molecule is c1nc(NCC2=NOC3CCCC23)n2nc(C3CC3)cc2n1. The average molecular weight is 298 g/mol. The summed E-state index contributed by atoms with van der Waals surface area (Å²) >= 11 is 0. The molecule has 1 aliphatic heterocycles. The molecule has 2 aromatic heterocycles. The van der Waals surface area contributed by atoms with Gasteiger partial charge in [0.2, 0.25) is 5.95 Å². The first-order valence-corrected chi connectivity index (χ1v) is 8.05. The second-order valence-electron chi connectivity index (χ2n) is 6.43. The summed E-state index contributed by atoms with van der Waals surface area (Å²) in [4.78, 5) is 14.1. The van der Waals surface area contributed by atoms with E-state index in [1.807, 2.05) is 0 Å². The molecule has 0 aromatic carbocycles. The Kier molecular flexibility index (Phi) is 2.62. The molecule has 22 heavy (non-hydrogen) atoms. The van der Waals surface area contributed by atoms with E-state index in [1.165, 1.54) is 25.7 Å². The van der Waals surface area contributed by atoms with Crippen molar-refractivity contribution in [3.8, 4) is 0 Å². The van der Waals surface area contributed by atoms with Gasteiger partial charge in [0.25, 0.3) is 0 Å². The third-order valence-electron chi connectivity index (χ3n) is 4.89. The number of anilines is 1. The molecule has 0 saturated heterocycles. The number of nitrogens with one attached hydrogen (secondary N) is 1. The van der Waals surface area contributed by atoms with E-state index in [4.69, 9.17) is 4.84 Å². The van der Waals surface area contributed by atoms with Gasteiger partial charge >= 0.3 is 0 Å². The standard InChI is InChI=1S/C15H18N6O/c1-2-10-12(20-22-13(10)3-1)7-16-15-18-8-17-14-6-11(9-4-5-9)19-21(14)15/h6,8-10,13H,1-5,7H2,(H,16,17,18). The average Bonchev–Trinajstić information content (AvgIpc) is 2.97. The highest BCUT2D eigenvalue weighted by molar-refractivity contribution is 5.91. The molecule has 0 radical (unpaired) electrons. The summed E-state index contributed by atoms with van der Waals surface area (Å²) in [6, 6.07) is 2.06. The lowest BCUT2D eigenvalue weighted by Gasteiger charge is -2.10. The van der Waals surface area contributed by atoms with Gasteiger partial charge < -0.3 is 10.2 Å². The molecule has 2 aliphatic carbocycles. The second kappa shape index (κ2) is 4.66. The molecule has 2 fully saturated rings. The molecule has 3 aliphatic rings. The van der Waals surface area contributed by atoms with Crippen molar-refractivity contribution in [3.05, 3.63) is 18.1 Å². The van der Waals surface area contributed by atoms with Crippen molar-refractivity contribution in [3.63, 3.8) is 0 Å². The molecule has 2 atom stereocenters. The molecule has 0 amide bonds. The van der Waals surface area contributed by atoms with Gasteiger partial charge in [0, 0.05) is 17.9 Å². The number of hydrogen-bond donors (Lipinski definition) is 1. The van der Waals surface area contributed by atoms with Gasteiger partial charge in [-0.1, -0.05) is 5.16 Å². The topological polar surface area (TPSA) is 76.7 Å². The summed E-state index contributed by atoms with van der Waals surface area (Å²) in [5.74, 6) is 1.81. The summed E-state index contributed by atoms with van der Waals surface area (Å²) in [5.41, 5.74) is 3.08. The Hall–Kier alpha value is -2.18. The Morgan fingerprint density at radius 1 is 1.23 bits per heavy atom. The fraction of sp³-hybridized carbons (Fsp3) is 0.600. The summed E-state index contributed by atoms with van der Waals surface area (Å²) in [7, 11) is 0. The third-order valence-corrected chi connectivity index (χ3v) is 4.89. The number of fused-ring (bicyclic) bond motifs is 2. The van der Waals surface area contributed by atoms with E-state index in [9.17, 15) is 0 Å². The first-order valence-electron chi connectivity index (χ1n) is 8.05. The largest absolute Gasteiger partial charge is 0.392 e. The van der Waals surface area contributed by atoms with Gasteiger partial charge in [-0.3, -0.25) is 0 Å². The summed E-state index contributed by atoms with van der Waals surface area (Å²) in [6.45, 7) is 0.659. The Balaban J connectivity index is 1.37. The first kappa shape index (κ1) is 12.4. The minimum Gasteiger partial charge on any atom is -0.392 e. The van der Waals surface area contributed by atoms with Crippen LogP contribution in [0.1, 0.15) is 43.7 Å². The van der Waals surface area contributed by atoms with Crippen LogP contribution in [-0.2, 0) is 4.84 Å². The van der Waals surface area contributed by atoms with Crippen molar-refractivity contribution in [2.75, 3.05) is 11.9 Å². The molecule has 2 aromatic rings. The van der Waals surface area contributed by atoms with E-state index in [0.717, 1.165) is 29.4 Å². The van der Waals surface area contributed by atoms with Crippen LogP contribution in [0.2, 0.25) is 0 Å². The van der Waals surface area contributed by atoms with Crippen molar-refractivity contribution < 1.29 is 4.84 Å². The van der Waals surface area contributed by atoms with Crippen LogP contribution in [0.25, 0.3) is 5.65 Å². The van der Waals surface area contributed by atoms with Crippen LogP contribution in [0.4, 0.5) is 5.95 Å². The predicted molar refractivity (Wildman–Crippen MR) is 80.9 cm³/mol. The molecular formula is C15H18N6O. The number of nitrogens with zero attached hydrogens (tertiary/aromatic N) is 5. The zero-order valence-corrected chi connectivity index (χ0v) is 12.3. The van der Waals surface area contributed by atoms with Crippen LogP contribution in [0, 0.1) is 5.92 Å². The molecule has 5 rings (SSSR count). The molecule has 114 valence electrons. The molecule has 7 nitrogen and oxygen atoms in total. The molecule has 3 heterocycles. The van der Waals surface area contributed by atoms with E-state index < -0.39 is 0 Å². The highest BCUT2D eigenvalue weighted by Crippen LogP contribution is 2.39. The zero-order chi connectivity index (χ0) is 14.5. The van der Waals surface area contributed by atoms with Gasteiger partial charge in [-0.25, -0.2) is 9.97 Å². The number of oxime groups is 1. The monoisotopic (exact) mass is 298 g/mol. The van der Waals surface area contributed by atoms with Gasteiger partial charge in [-0.2, -0.15) is 9.61 Å². The number of aromatic nitrogens is 4. The maximum atomic E-state index is 5.50. The van der Waals surface area contributed by atoms with E-state index >= 15 is 0 Å². The Bertz CT molecular complexity index is 750. The van der Waals surface area contributed by atoms with E-state index in [0.29, 0.717) is 24.5 Å². The van der Waals surface area contributed by atoms with Crippen LogP contribution >= 0.6 is 0 Å². The highest BCUT2D eigenvalue weighted by atomic mass is 16.6. The van der Waals surface area contributed by atoms with Crippen molar-refractivity contribution in [2.45, 2.75) is 44.1 Å². The van der Waals surface area contributed by atoms with Crippen molar-refractivity contribution in [1.29, 1.82) is 0 Å². The number of hydrogen-bond acceptors (Lipinski definition) is 6. The molecule has 7 heteroatoms. The Labute approximate surface area is 127 Å². The minimum absolute atomic E-state index is 0.299. The smallest absolute Gasteiger partial charge is 0.227 e. The van der Waals surface area contributed by atoms with E-state index in [1.54, 1.807) is 10.8 Å². The van der Waals surface area contributed by atoms with Crippen LogP contribution in [0.3, 0.4) is 0 Å². The third kappa shape index (κ3) is 1.95. The van der Waals surface area contributed by atoms with Crippen LogP contribution in [0.15, 0.2) is 17.5 Å². The van der Waals surface area contributed by atoms with Crippen molar-refractivity contribution >= 4 is 17.3 Å². The van der Waals surface area contributed by atoms with E-state index in [2.05, 4.69) is 31.6 Å². The fourth-order valence-corrected chi connectivity index (χ4v) is 3.50. The lowest BCUT2D eigenvalue weighted by molar-refractivity contribution is 0.0746. The summed E-state index contributed by atoms with van der Waals surface area (Å²) in [5, 5.41) is 12.2. The molecule has 0 spiro atoms. The lowest BCUT2D eigenvalue weighted by atomic mass is 10.0. The minimum atomic E-state index is 0.299. The van der Waals surface area contributed by atoms with Crippen LogP contribution < -0.4 is 5.32 Å². The van der Waals surface area contributed by atoms with Crippen molar-refractivity contribution in [1.82, 2.24) is 19.6 Å². The predicted octanol–water partition coefficient (Wildman–Crippen LogP) is 1.97. The van der Waals surface area contributed by atoms with E-state index in [-0.39, 0.29) is 0 Å². The second-order valence-corrected chi connectivity index (χ2v) is 6.43. The van der Waals surface area contributed by atoms with Crippen molar-refractivity contribution in [2.24, 2.45) is 11.1 Å². The molecule has 2 unspecified atom stereocenters. The molecule has 1 N–H and O–H groups in total. The fourth-order valence-electron chi connectivity index (χ4n) is 3.50. The summed E-state index contributed by atoms with van der Waals surface area (Å²) in [6.07, 6.45) is 7.89. The lowest BCUT2D eigenvalue weighted by Crippen LogP contribution is -2.24. The maximum Gasteiger partial charge on any atom is 0.227 e. The molecule has 2 saturated carbocycles. The van der Waals surface area contributed by atoms with Gasteiger partial charge in [-0.15, -0.1) is 0 Å². The van der Waals surface area contributed by atoms with Gasteiger partial charge in [0.05, 0.1) is 18.0 Å². The van der Waals surface area contributed by atoms with Crippen LogP contribution in [-0.4, -0.2) is 37.9 Å². The molecule has 0 bridgehead atoms. The quantitative estimate of drug-likeness (QED) is 0.934. The number of rotatable bonds is 4. The van der Waals surface area contributed by atoms with Gasteiger partial charge in [0.15, 0.2) is 5.65 Å². The highest BCUT2D eigenvalue weighted by Gasteiger charge is 2.37. The normalized spacial score (nSPS) is 26.8. The van der Waals surface area contributed by atoms with Gasteiger partial charge in [0.1, 0.15) is 12.4 Å². The summed E-state index contributed by atoms with van der Waals surface area (Å²) < 4.78 is 1.80.